The van der Waals surface area contributed by atoms with Crippen molar-refractivity contribution >= 4 is 15.7 Å². The summed E-state index contributed by atoms with van der Waals surface area (Å²) in [5, 5.41) is 0. The standard InChI is InChI=1S/C11H15F3N2O3S/c1-7-4-8(5-9(15)11(7)14)20(17,18)16-2-3-19-6-10(12)13/h4-5,10,16H,2-3,6,15H2,1H3. The summed E-state index contributed by atoms with van der Waals surface area (Å²) in [5.74, 6) is -0.677. The molecule has 0 saturated carbocycles. The number of benzene rings is 1. The molecule has 0 unspecified atom stereocenters. The van der Waals surface area contributed by atoms with Crippen LogP contribution < -0.4 is 10.5 Å². The van der Waals surface area contributed by atoms with Crippen molar-refractivity contribution in [3.8, 4) is 0 Å². The molecular weight excluding hydrogens is 297 g/mol. The fourth-order valence-corrected chi connectivity index (χ4v) is 2.55. The van der Waals surface area contributed by atoms with E-state index < -0.39 is 28.9 Å². The number of anilines is 1. The van der Waals surface area contributed by atoms with Crippen LogP contribution in [0.3, 0.4) is 0 Å². The zero-order valence-electron chi connectivity index (χ0n) is 10.7. The molecule has 0 aliphatic heterocycles. The summed E-state index contributed by atoms with van der Waals surface area (Å²) in [6.07, 6.45) is -2.61. The van der Waals surface area contributed by atoms with E-state index in [0.29, 0.717) is 0 Å². The first-order valence-corrected chi connectivity index (χ1v) is 7.13. The minimum Gasteiger partial charge on any atom is -0.396 e. The maximum atomic E-state index is 13.3. The first-order valence-electron chi connectivity index (χ1n) is 5.65. The SMILES string of the molecule is Cc1cc(S(=O)(=O)NCCOCC(F)F)cc(N)c1F. The molecule has 1 rings (SSSR count). The molecule has 3 N–H and O–H groups in total. The molecule has 0 saturated heterocycles. The summed E-state index contributed by atoms with van der Waals surface area (Å²) in [5.41, 5.74) is 5.17. The Morgan fingerprint density at radius 3 is 2.60 bits per heavy atom. The highest BCUT2D eigenvalue weighted by Gasteiger charge is 2.17. The predicted octanol–water partition coefficient (Wildman–Crippen LogP) is 1.28. The number of nitrogen functional groups attached to an aromatic ring is 1. The molecule has 0 spiro atoms. The molecule has 0 aliphatic carbocycles. The Bertz CT molecular complexity index is 541. The largest absolute Gasteiger partial charge is 0.396 e. The van der Waals surface area contributed by atoms with Gasteiger partial charge in [-0.15, -0.1) is 0 Å². The van der Waals surface area contributed by atoms with Crippen LogP contribution in [-0.4, -0.2) is 34.6 Å². The molecule has 5 nitrogen and oxygen atoms in total. The zero-order chi connectivity index (χ0) is 15.3. The van der Waals surface area contributed by atoms with Crippen molar-refractivity contribution in [2.75, 3.05) is 25.5 Å². The normalized spacial score (nSPS) is 12.1. The Morgan fingerprint density at radius 1 is 1.40 bits per heavy atom. The second kappa shape index (κ2) is 6.91. The highest BCUT2D eigenvalue weighted by molar-refractivity contribution is 7.89. The smallest absolute Gasteiger partial charge is 0.261 e. The fourth-order valence-electron chi connectivity index (χ4n) is 1.42. The summed E-state index contributed by atoms with van der Waals surface area (Å²) in [4.78, 5) is -0.192. The summed E-state index contributed by atoms with van der Waals surface area (Å²) in [6, 6.07) is 2.12. The highest BCUT2D eigenvalue weighted by atomic mass is 32.2. The average molecular weight is 312 g/mol. The van der Waals surface area contributed by atoms with Crippen LogP contribution >= 0.6 is 0 Å². The molecule has 0 fully saturated rings. The molecule has 0 heterocycles. The number of alkyl halides is 2. The first kappa shape index (κ1) is 16.7. The molecule has 0 atom stereocenters. The Hall–Kier alpha value is -1.32. The van der Waals surface area contributed by atoms with Gasteiger partial charge in [0.15, 0.2) is 0 Å². The molecule has 0 bridgehead atoms. The van der Waals surface area contributed by atoms with E-state index in [9.17, 15) is 21.6 Å². The maximum absolute atomic E-state index is 13.3. The maximum Gasteiger partial charge on any atom is 0.261 e. The highest BCUT2D eigenvalue weighted by Crippen LogP contribution is 2.20. The van der Waals surface area contributed by atoms with Crippen LogP contribution in [0.5, 0.6) is 0 Å². The monoisotopic (exact) mass is 312 g/mol. The van der Waals surface area contributed by atoms with Crippen LogP contribution in [0, 0.1) is 12.7 Å². The molecule has 0 aliphatic rings. The third-order valence-electron chi connectivity index (χ3n) is 2.35. The number of aryl methyl sites for hydroxylation is 1. The van der Waals surface area contributed by atoms with E-state index in [2.05, 4.69) is 9.46 Å². The summed E-state index contributed by atoms with van der Waals surface area (Å²) >= 11 is 0. The number of ether oxygens (including phenoxy) is 1. The second-order valence-corrected chi connectivity index (χ2v) is 5.77. The third kappa shape index (κ3) is 4.66. The van der Waals surface area contributed by atoms with Crippen molar-refractivity contribution in [3.05, 3.63) is 23.5 Å². The van der Waals surface area contributed by atoms with E-state index in [4.69, 9.17) is 5.73 Å². The lowest BCUT2D eigenvalue weighted by atomic mass is 10.2. The number of hydrogen-bond acceptors (Lipinski definition) is 4. The number of nitrogens with two attached hydrogens (primary N) is 1. The van der Waals surface area contributed by atoms with Crippen LogP contribution in [-0.2, 0) is 14.8 Å². The van der Waals surface area contributed by atoms with Crippen LogP contribution in [0.25, 0.3) is 0 Å². The first-order chi connectivity index (χ1) is 9.24. The van der Waals surface area contributed by atoms with Gasteiger partial charge in [0, 0.05) is 6.54 Å². The van der Waals surface area contributed by atoms with Crippen molar-refractivity contribution in [1.29, 1.82) is 0 Å². The topological polar surface area (TPSA) is 81.4 Å². The van der Waals surface area contributed by atoms with Crippen LogP contribution in [0.4, 0.5) is 18.9 Å². The molecule has 20 heavy (non-hydrogen) atoms. The van der Waals surface area contributed by atoms with E-state index >= 15 is 0 Å². The van der Waals surface area contributed by atoms with E-state index in [1.165, 1.54) is 6.92 Å². The van der Waals surface area contributed by atoms with Gasteiger partial charge in [0.05, 0.1) is 17.2 Å². The molecule has 9 heteroatoms. The lowest BCUT2D eigenvalue weighted by Gasteiger charge is -2.09. The quantitative estimate of drug-likeness (QED) is 0.587. The third-order valence-corrected chi connectivity index (χ3v) is 3.79. The minimum absolute atomic E-state index is 0.0966. The minimum atomic E-state index is -3.89. The Kier molecular flexibility index (Phi) is 5.78. The lowest BCUT2D eigenvalue weighted by Crippen LogP contribution is -2.28. The number of rotatable bonds is 7. The van der Waals surface area contributed by atoms with E-state index in [0.717, 1.165) is 12.1 Å². The van der Waals surface area contributed by atoms with E-state index in [1.807, 2.05) is 0 Å². The van der Waals surface area contributed by atoms with Gasteiger partial charge in [-0.05, 0) is 24.6 Å². The second-order valence-electron chi connectivity index (χ2n) is 4.01. The van der Waals surface area contributed by atoms with Crippen molar-refractivity contribution in [2.45, 2.75) is 18.2 Å². The Balaban J connectivity index is 2.65. The number of hydrogen-bond donors (Lipinski definition) is 2. The van der Waals surface area contributed by atoms with Crippen LogP contribution in [0.2, 0.25) is 0 Å². The van der Waals surface area contributed by atoms with Gasteiger partial charge in [-0.1, -0.05) is 0 Å². The number of nitrogens with one attached hydrogen (secondary N) is 1. The van der Waals surface area contributed by atoms with Gasteiger partial charge in [0.25, 0.3) is 6.43 Å². The fraction of sp³-hybridized carbons (Fsp3) is 0.455. The van der Waals surface area contributed by atoms with E-state index in [-0.39, 0.29) is 29.3 Å². The van der Waals surface area contributed by atoms with Gasteiger partial charge in [-0.3, -0.25) is 0 Å². The van der Waals surface area contributed by atoms with Crippen LogP contribution in [0.15, 0.2) is 17.0 Å². The number of sulfonamides is 1. The molecular formula is C11H15F3N2O3S. The summed E-state index contributed by atoms with van der Waals surface area (Å²) < 4.78 is 67.2. The molecule has 0 radical (unpaired) electrons. The van der Waals surface area contributed by atoms with Gasteiger partial charge < -0.3 is 10.5 Å². The zero-order valence-corrected chi connectivity index (χ0v) is 11.5. The van der Waals surface area contributed by atoms with Gasteiger partial charge in [0.2, 0.25) is 10.0 Å². The van der Waals surface area contributed by atoms with Crippen molar-refractivity contribution in [3.63, 3.8) is 0 Å². The van der Waals surface area contributed by atoms with E-state index in [1.54, 1.807) is 0 Å². The van der Waals surface area contributed by atoms with Crippen molar-refractivity contribution < 1.29 is 26.3 Å². The van der Waals surface area contributed by atoms with Gasteiger partial charge in [0.1, 0.15) is 12.4 Å². The lowest BCUT2D eigenvalue weighted by molar-refractivity contribution is 0.0199. The molecule has 1 aromatic rings. The summed E-state index contributed by atoms with van der Waals surface area (Å²) in [7, 11) is -3.89. The van der Waals surface area contributed by atoms with Crippen LogP contribution in [0.1, 0.15) is 5.56 Å². The predicted molar refractivity (Wildman–Crippen MR) is 67.6 cm³/mol. The number of halogens is 3. The van der Waals surface area contributed by atoms with Gasteiger partial charge in [-0.25, -0.2) is 26.3 Å². The van der Waals surface area contributed by atoms with Crippen molar-refractivity contribution in [2.24, 2.45) is 0 Å². The Morgan fingerprint density at radius 2 is 2.05 bits per heavy atom. The van der Waals surface area contributed by atoms with Gasteiger partial charge in [-0.2, -0.15) is 0 Å². The Labute approximate surface area is 115 Å². The average Bonchev–Trinajstić information content (AvgIpc) is 2.34. The molecule has 1 aromatic carbocycles. The van der Waals surface area contributed by atoms with Gasteiger partial charge >= 0.3 is 0 Å². The molecule has 114 valence electrons. The molecule has 0 aromatic heterocycles. The summed E-state index contributed by atoms with van der Waals surface area (Å²) in [6.45, 7) is 0.255. The van der Waals surface area contributed by atoms with Crippen molar-refractivity contribution in [1.82, 2.24) is 4.72 Å². The molecule has 0 amide bonds.